The van der Waals surface area contributed by atoms with E-state index in [2.05, 4.69) is 53.3 Å². The standard InChI is InChI=1S/C16H19BrClNS/c1-3-9-19-16(15-8-6-12(4-2)20-15)13-7-5-11(18)10-14(13)17/h5-8,10,16,19H,3-4,9H2,1-2H3. The first-order valence-corrected chi connectivity index (χ1v) is 8.91. The Labute approximate surface area is 138 Å². The van der Waals surface area contributed by atoms with Gasteiger partial charge in [0.2, 0.25) is 0 Å². The number of rotatable bonds is 6. The third-order valence-corrected chi connectivity index (χ3v) is 5.40. The van der Waals surface area contributed by atoms with Crippen LogP contribution in [0.5, 0.6) is 0 Å². The van der Waals surface area contributed by atoms with Gasteiger partial charge in [-0.2, -0.15) is 0 Å². The summed E-state index contributed by atoms with van der Waals surface area (Å²) in [6, 6.07) is 10.7. The minimum Gasteiger partial charge on any atom is -0.306 e. The van der Waals surface area contributed by atoms with Gasteiger partial charge in [0.25, 0.3) is 0 Å². The van der Waals surface area contributed by atoms with Crippen LogP contribution in [0.2, 0.25) is 5.02 Å². The quantitative estimate of drug-likeness (QED) is 0.674. The number of aryl methyl sites for hydroxylation is 1. The molecule has 0 saturated carbocycles. The molecule has 0 aliphatic carbocycles. The molecule has 1 atom stereocenters. The largest absolute Gasteiger partial charge is 0.306 e. The van der Waals surface area contributed by atoms with Gasteiger partial charge in [0, 0.05) is 19.2 Å². The lowest BCUT2D eigenvalue weighted by Gasteiger charge is -2.19. The Balaban J connectivity index is 2.35. The summed E-state index contributed by atoms with van der Waals surface area (Å²) in [7, 11) is 0. The van der Waals surface area contributed by atoms with Crippen molar-refractivity contribution < 1.29 is 0 Å². The van der Waals surface area contributed by atoms with Crippen molar-refractivity contribution in [3.8, 4) is 0 Å². The van der Waals surface area contributed by atoms with Crippen LogP contribution in [0.15, 0.2) is 34.8 Å². The minimum atomic E-state index is 0.229. The summed E-state index contributed by atoms with van der Waals surface area (Å²) in [5.41, 5.74) is 1.24. The maximum atomic E-state index is 6.05. The number of benzene rings is 1. The molecule has 1 unspecified atom stereocenters. The molecular formula is C16H19BrClNS. The fourth-order valence-corrected chi connectivity index (χ4v) is 4.09. The molecule has 0 aliphatic rings. The number of halogens is 2. The van der Waals surface area contributed by atoms with Crippen LogP contribution in [-0.4, -0.2) is 6.54 Å². The Morgan fingerprint density at radius 2 is 2.05 bits per heavy atom. The summed E-state index contributed by atoms with van der Waals surface area (Å²) in [6.45, 7) is 5.38. The number of thiophene rings is 1. The van der Waals surface area contributed by atoms with E-state index >= 15 is 0 Å². The Morgan fingerprint density at radius 1 is 1.25 bits per heavy atom. The van der Waals surface area contributed by atoms with Gasteiger partial charge in [-0.15, -0.1) is 11.3 Å². The van der Waals surface area contributed by atoms with Crippen LogP contribution in [0.25, 0.3) is 0 Å². The Bertz CT molecular complexity index is 567. The molecule has 1 heterocycles. The van der Waals surface area contributed by atoms with Gasteiger partial charge in [0.15, 0.2) is 0 Å². The highest BCUT2D eigenvalue weighted by atomic mass is 79.9. The van der Waals surface area contributed by atoms with Gasteiger partial charge in [-0.3, -0.25) is 0 Å². The molecule has 0 fully saturated rings. The maximum Gasteiger partial charge on any atom is 0.0682 e. The lowest BCUT2D eigenvalue weighted by molar-refractivity contribution is 0.604. The molecule has 4 heteroatoms. The molecule has 2 aromatic rings. The van der Waals surface area contributed by atoms with Crippen molar-refractivity contribution >= 4 is 38.9 Å². The molecule has 2 rings (SSSR count). The molecule has 108 valence electrons. The van der Waals surface area contributed by atoms with Crippen LogP contribution in [0.1, 0.15) is 41.6 Å². The molecule has 0 amide bonds. The molecule has 0 aliphatic heterocycles. The van der Waals surface area contributed by atoms with Gasteiger partial charge in [-0.1, -0.05) is 47.4 Å². The third kappa shape index (κ3) is 3.85. The highest BCUT2D eigenvalue weighted by molar-refractivity contribution is 9.10. The van der Waals surface area contributed by atoms with Gasteiger partial charge in [0.05, 0.1) is 6.04 Å². The van der Waals surface area contributed by atoms with E-state index in [1.165, 1.54) is 15.3 Å². The van der Waals surface area contributed by atoms with E-state index in [9.17, 15) is 0 Å². The SMILES string of the molecule is CCCNC(c1ccc(CC)s1)c1ccc(Cl)cc1Br. The van der Waals surface area contributed by atoms with E-state index in [1.54, 1.807) is 0 Å². The monoisotopic (exact) mass is 371 g/mol. The summed E-state index contributed by atoms with van der Waals surface area (Å²) < 4.78 is 1.06. The van der Waals surface area contributed by atoms with Crippen molar-refractivity contribution in [1.29, 1.82) is 0 Å². The third-order valence-electron chi connectivity index (χ3n) is 3.19. The first kappa shape index (κ1) is 16.0. The molecule has 20 heavy (non-hydrogen) atoms. The number of nitrogens with one attached hydrogen (secondary N) is 1. The number of hydrogen-bond donors (Lipinski definition) is 1. The fraction of sp³-hybridized carbons (Fsp3) is 0.375. The normalized spacial score (nSPS) is 12.6. The van der Waals surface area contributed by atoms with E-state index in [4.69, 9.17) is 11.6 Å². The average Bonchev–Trinajstić information content (AvgIpc) is 2.90. The highest BCUT2D eigenvalue weighted by Crippen LogP contribution is 2.34. The molecule has 0 saturated heterocycles. The second-order valence-electron chi connectivity index (χ2n) is 4.71. The van der Waals surface area contributed by atoms with Gasteiger partial charge >= 0.3 is 0 Å². The van der Waals surface area contributed by atoms with Crippen molar-refractivity contribution in [2.24, 2.45) is 0 Å². The lowest BCUT2D eigenvalue weighted by atomic mass is 10.1. The minimum absolute atomic E-state index is 0.229. The molecule has 1 aromatic carbocycles. The summed E-state index contributed by atoms with van der Waals surface area (Å²) in [6.07, 6.45) is 2.21. The van der Waals surface area contributed by atoms with Gasteiger partial charge in [-0.05, 0) is 49.2 Å². The summed E-state index contributed by atoms with van der Waals surface area (Å²) in [5, 5.41) is 4.40. The fourth-order valence-electron chi connectivity index (χ4n) is 2.13. The van der Waals surface area contributed by atoms with Crippen molar-refractivity contribution in [2.45, 2.75) is 32.7 Å². The zero-order chi connectivity index (χ0) is 14.5. The molecule has 1 aromatic heterocycles. The van der Waals surface area contributed by atoms with E-state index in [0.717, 1.165) is 28.9 Å². The average molecular weight is 373 g/mol. The zero-order valence-corrected chi connectivity index (χ0v) is 14.9. The van der Waals surface area contributed by atoms with Crippen LogP contribution < -0.4 is 5.32 Å². The van der Waals surface area contributed by atoms with Gasteiger partial charge < -0.3 is 5.32 Å². The summed E-state index contributed by atoms with van der Waals surface area (Å²) in [4.78, 5) is 2.78. The Morgan fingerprint density at radius 3 is 2.65 bits per heavy atom. The topological polar surface area (TPSA) is 12.0 Å². The molecule has 0 radical (unpaired) electrons. The molecular weight excluding hydrogens is 354 g/mol. The van der Waals surface area contributed by atoms with Crippen molar-refractivity contribution in [1.82, 2.24) is 5.32 Å². The Kier molecular flexibility index (Phi) is 6.09. The smallest absolute Gasteiger partial charge is 0.0682 e. The van der Waals surface area contributed by atoms with Crippen molar-refractivity contribution in [3.05, 3.63) is 55.1 Å². The molecule has 0 spiro atoms. The van der Waals surface area contributed by atoms with E-state index in [-0.39, 0.29) is 6.04 Å². The molecule has 1 N–H and O–H groups in total. The summed E-state index contributed by atoms with van der Waals surface area (Å²) in [5.74, 6) is 0. The predicted octanol–water partition coefficient (Wildman–Crippen LogP) is 5.82. The first-order chi connectivity index (χ1) is 9.65. The van der Waals surface area contributed by atoms with Crippen LogP contribution in [0, 0.1) is 0 Å². The van der Waals surface area contributed by atoms with Crippen LogP contribution >= 0.6 is 38.9 Å². The van der Waals surface area contributed by atoms with Gasteiger partial charge in [-0.25, -0.2) is 0 Å². The second kappa shape index (κ2) is 7.60. The van der Waals surface area contributed by atoms with Crippen LogP contribution in [0.3, 0.4) is 0 Å². The zero-order valence-electron chi connectivity index (χ0n) is 11.7. The number of hydrogen-bond acceptors (Lipinski definition) is 2. The highest BCUT2D eigenvalue weighted by Gasteiger charge is 2.18. The predicted molar refractivity (Wildman–Crippen MR) is 93.0 cm³/mol. The van der Waals surface area contributed by atoms with E-state index in [0.29, 0.717) is 0 Å². The first-order valence-electron chi connectivity index (χ1n) is 6.92. The van der Waals surface area contributed by atoms with Crippen LogP contribution in [0.4, 0.5) is 0 Å². The van der Waals surface area contributed by atoms with Crippen LogP contribution in [-0.2, 0) is 6.42 Å². The van der Waals surface area contributed by atoms with Crippen molar-refractivity contribution in [3.63, 3.8) is 0 Å². The Hall–Kier alpha value is -0.350. The lowest BCUT2D eigenvalue weighted by Crippen LogP contribution is -2.22. The van der Waals surface area contributed by atoms with Crippen molar-refractivity contribution in [2.75, 3.05) is 6.54 Å². The molecule has 0 bridgehead atoms. The summed E-state index contributed by atoms with van der Waals surface area (Å²) >= 11 is 11.6. The van der Waals surface area contributed by atoms with E-state index < -0.39 is 0 Å². The van der Waals surface area contributed by atoms with E-state index in [1.807, 2.05) is 23.5 Å². The molecule has 1 nitrogen and oxygen atoms in total. The maximum absolute atomic E-state index is 6.05. The second-order valence-corrected chi connectivity index (χ2v) is 7.20. The van der Waals surface area contributed by atoms with Gasteiger partial charge in [0.1, 0.15) is 0 Å².